The van der Waals surface area contributed by atoms with Crippen LogP contribution in [0.15, 0.2) is 37.4 Å². The van der Waals surface area contributed by atoms with Crippen LogP contribution in [0.4, 0.5) is 0 Å². The molecule has 8 nitrogen and oxygen atoms in total. The van der Waals surface area contributed by atoms with E-state index in [0.29, 0.717) is 92.5 Å². The van der Waals surface area contributed by atoms with Crippen LogP contribution < -0.4 is 0 Å². The third kappa shape index (κ3) is 16.1. The molecule has 0 aliphatic carbocycles. The molecule has 0 saturated carbocycles. The van der Waals surface area contributed by atoms with Gasteiger partial charge in [-0.3, -0.25) is 0 Å². The smallest absolute Gasteiger partial charge is 0.0718 e. The van der Waals surface area contributed by atoms with E-state index in [1.54, 1.807) is 14.2 Å². The van der Waals surface area contributed by atoms with E-state index in [1.807, 2.05) is 18.2 Å². The molecule has 0 spiro atoms. The predicted octanol–water partition coefficient (Wildman–Crippen LogP) is 3.11. The summed E-state index contributed by atoms with van der Waals surface area (Å²) < 4.78 is 42.8. The van der Waals surface area contributed by atoms with Gasteiger partial charge >= 0.3 is 0 Å². The molecule has 0 aliphatic rings. The van der Waals surface area contributed by atoms with E-state index in [2.05, 4.69) is 19.2 Å². The fourth-order valence-corrected chi connectivity index (χ4v) is 2.68. The number of methoxy groups -OCH3 is 2. The van der Waals surface area contributed by atoms with Gasteiger partial charge in [0.15, 0.2) is 0 Å². The zero-order valence-electron chi connectivity index (χ0n) is 20.9. The van der Waals surface area contributed by atoms with Crippen molar-refractivity contribution in [1.82, 2.24) is 0 Å². The summed E-state index contributed by atoms with van der Waals surface area (Å²) in [5.74, 6) is 0. The lowest BCUT2D eigenvalue weighted by atomic mass is 10.0. The molecule has 34 heavy (non-hydrogen) atoms. The Morgan fingerprint density at radius 1 is 0.529 bits per heavy atom. The Bertz CT molecular complexity index is 598. The molecule has 0 aromatic heterocycles. The molecule has 0 fully saturated rings. The van der Waals surface area contributed by atoms with E-state index in [1.165, 1.54) is 0 Å². The monoisotopic (exact) mass is 482 g/mol. The maximum atomic E-state index is 5.67. The quantitative estimate of drug-likeness (QED) is 0.208. The van der Waals surface area contributed by atoms with E-state index in [0.717, 1.165) is 22.3 Å². The van der Waals surface area contributed by atoms with Crippen molar-refractivity contribution in [3.05, 3.63) is 48.6 Å². The highest BCUT2D eigenvalue weighted by Gasteiger charge is 2.05. The molecule has 0 N–H and O–H groups in total. The van der Waals surface area contributed by atoms with Crippen LogP contribution in [0.3, 0.4) is 0 Å². The lowest BCUT2D eigenvalue weighted by Gasteiger charge is -2.12. The van der Waals surface area contributed by atoms with Crippen molar-refractivity contribution in [3.63, 3.8) is 0 Å². The average molecular weight is 483 g/mol. The molecule has 194 valence electrons. The molecule has 1 aromatic carbocycles. The van der Waals surface area contributed by atoms with Crippen molar-refractivity contribution >= 4 is 11.1 Å². The van der Waals surface area contributed by atoms with Gasteiger partial charge in [0.25, 0.3) is 0 Å². The minimum absolute atomic E-state index is 0.437. The first-order chi connectivity index (χ1) is 16.7. The molecular formula is C26H42O8. The molecule has 0 bridgehead atoms. The largest absolute Gasteiger partial charge is 0.382 e. The summed E-state index contributed by atoms with van der Waals surface area (Å²) in [6.07, 6.45) is 0. The summed E-state index contributed by atoms with van der Waals surface area (Å²) in [5.41, 5.74) is 3.84. The average Bonchev–Trinajstić information content (AvgIpc) is 2.86. The molecule has 0 unspecified atom stereocenters. The first-order valence-corrected chi connectivity index (χ1v) is 11.6. The van der Waals surface area contributed by atoms with E-state index in [-0.39, 0.29) is 0 Å². The molecule has 0 radical (unpaired) electrons. The van der Waals surface area contributed by atoms with Crippen LogP contribution in [0.2, 0.25) is 0 Å². The van der Waals surface area contributed by atoms with Crippen molar-refractivity contribution in [3.8, 4) is 0 Å². The SMILES string of the molecule is C=C(COCCOCCOCCOC)c1cccc(C(=C)COCCOCCOCCOC)c1. The minimum Gasteiger partial charge on any atom is -0.382 e. The summed E-state index contributed by atoms with van der Waals surface area (Å²) in [6.45, 7) is 15.7. The van der Waals surface area contributed by atoms with Crippen molar-refractivity contribution in [2.24, 2.45) is 0 Å². The maximum absolute atomic E-state index is 5.67. The third-order valence-electron chi connectivity index (χ3n) is 4.58. The van der Waals surface area contributed by atoms with Crippen molar-refractivity contribution < 1.29 is 37.9 Å². The summed E-state index contributed by atoms with van der Waals surface area (Å²) in [7, 11) is 3.30. The number of rotatable bonds is 24. The van der Waals surface area contributed by atoms with Crippen LogP contribution in [-0.2, 0) is 37.9 Å². The normalized spacial score (nSPS) is 11.1. The van der Waals surface area contributed by atoms with E-state index >= 15 is 0 Å². The Labute approximate surface area is 204 Å². The zero-order valence-corrected chi connectivity index (χ0v) is 20.9. The maximum Gasteiger partial charge on any atom is 0.0718 e. The second-order valence-electron chi connectivity index (χ2n) is 7.33. The molecule has 0 heterocycles. The van der Waals surface area contributed by atoms with Crippen LogP contribution in [0, 0.1) is 0 Å². The predicted molar refractivity (Wildman–Crippen MR) is 133 cm³/mol. The molecular weight excluding hydrogens is 440 g/mol. The van der Waals surface area contributed by atoms with Gasteiger partial charge in [0.05, 0.1) is 92.5 Å². The Morgan fingerprint density at radius 2 is 0.853 bits per heavy atom. The standard InChI is InChI=1S/C26H42O8/c1-23(21-33-18-16-31-14-12-29-10-8-27-3)25-6-5-7-26(20-25)24(2)22-34-19-17-32-15-13-30-11-9-28-4/h5-7,20H,1-2,8-19,21-22H2,3-4H3. The number of ether oxygens (including phenoxy) is 8. The first kappa shape index (κ1) is 30.4. The van der Waals surface area contributed by atoms with E-state index in [4.69, 9.17) is 37.9 Å². The topological polar surface area (TPSA) is 73.8 Å². The fraction of sp³-hybridized carbons (Fsp3) is 0.615. The zero-order chi connectivity index (χ0) is 24.7. The second-order valence-corrected chi connectivity index (χ2v) is 7.33. The van der Waals surface area contributed by atoms with Gasteiger partial charge in [-0.15, -0.1) is 0 Å². The summed E-state index contributed by atoms with van der Waals surface area (Å²) in [5, 5.41) is 0. The van der Waals surface area contributed by atoms with Crippen molar-refractivity contribution in [2.45, 2.75) is 0 Å². The Balaban J connectivity index is 2.13. The fourth-order valence-electron chi connectivity index (χ4n) is 2.68. The van der Waals surface area contributed by atoms with Crippen LogP contribution in [0.25, 0.3) is 11.1 Å². The first-order valence-electron chi connectivity index (χ1n) is 11.6. The number of hydrogen-bond acceptors (Lipinski definition) is 8. The van der Waals surface area contributed by atoms with Gasteiger partial charge in [0.2, 0.25) is 0 Å². The van der Waals surface area contributed by atoms with Crippen LogP contribution in [-0.4, -0.2) is 107 Å². The molecule has 1 rings (SSSR count). The Hall–Kier alpha value is -1.62. The van der Waals surface area contributed by atoms with Gasteiger partial charge in [-0.1, -0.05) is 31.4 Å². The minimum atomic E-state index is 0.437. The lowest BCUT2D eigenvalue weighted by molar-refractivity contribution is 0.00760. The molecule has 0 aliphatic heterocycles. The molecule has 8 heteroatoms. The van der Waals surface area contributed by atoms with Crippen molar-refractivity contribution in [1.29, 1.82) is 0 Å². The Kier molecular flexibility index (Phi) is 19.6. The molecule has 0 amide bonds. The van der Waals surface area contributed by atoms with Gasteiger partial charge in [-0.25, -0.2) is 0 Å². The van der Waals surface area contributed by atoms with Gasteiger partial charge < -0.3 is 37.9 Å². The van der Waals surface area contributed by atoms with Crippen molar-refractivity contribution in [2.75, 3.05) is 107 Å². The highest BCUT2D eigenvalue weighted by atomic mass is 16.6. The Morgan fingerprint density at radius 3 is 1.21 bits per heavy atom. The van der Waals surface area contributed by atoms with Crippen LogP contribution >= 0.6 is 0 Å². The lowest BCUT2D eigenvalue weighted by Crippen LogP contribution is -2.12. The second kappa shape index (κ2) is 21.9. The van der Waals surface area contributed by atoms with Gasteiger partial charge in [0, 0.05) is 14.2 Å². The molecule has 0 saturated heterocycles. The highest BCUT2D eigenvalue weighted by molar-refractivity contribution is 5.71. The number of benzene rings is 1. The summed E-state index contributed by atoms with van der Waals surface area (Å²) >= 11 is 0. The van der Waals surface area contributed by atoms with Gasteiger partial charge in [0.1, 0.15) is 0 Å². The van der Waals surface area contributed by atoms with Crippen LogP contribution in [0.1, 0.15) is 11.1 Å². The van der Waals surface area contributed by atoms with Gasteiger partial charge in [-0.05, 0) is 28.3 Å². The van der Waals surface area contributed by atoms with E-state index in [9.17, 15) is 0 Å². The summed E-state index contributed by atoms with van der Waals surface area (Å²) in [4.78, 5) is 0. The molecule has 0 atom stereocenters. The molecule has 1 aromatic rings. The number of hydrogen-bond donors (Lipinski definition) is 0. The van der Waals surface area contributed by atoms with E-state index < -0.39 is 0 Å². The third-order valence-corrected chi connectivity index (χ3v) is 4.58. The van der Waals surface area contributed by atoms with Gasteiger partial charge in [-0.2, -0.15) is 0 Å². The summed E-state index contributed by atoms with van der Waals surface area (Å²) in [6, 6.07) is 8.07. The van der Waals surface area contributed by atoms with Crippen LogP contribution in [0.5, 0.6) is 0 Å². The highest BCUT2D eigenvalue weighted by Crippen LogP contribution is 2.19.